The number of hydrogen-bond acceptors (Lipinski definition) is 4. The van der Waals surface area contributed by atoms with E-state index in [1.54, 1.807) is 0 Å². The largest absolute Gasteiger partial charge is 0.529 e. The van der Waals surface area contributed by atoms with E-state index in [1.807, 2.05) is 36.4 Å². The number of phosphoric acid groups is 1. The van der Waals surface area contributed by atoms with Gasteiger partial charge in [0.2, 0.25) is 0 Å². The van der Waals surface area contributed by atoms with E-state index in [4.69, 9.17) is 23.2 Å². The summed E-state index contributed by atoms with van der Waals surface area (Å²) in [6.45, 7) is 0. The number of phosphoric ester groups is 1. The SMILES string of the molecule is COP(=O)(OC)OC=C(Cl)Cl.c1ccccc1. The van der Waals surface area contributed by atoms with E-state index in [0.717, 1.165) is 6.26 Å². The standard InChI is InChI=1S/C6H6.C4H7Cl2O4P/c1-2-4-6-5-3-1;1-8-11(7,9-2)10-3-4(5)6/h1-6H;3H,1-2H3. The Bertz CT molecular complexity index is 331. The predicted molar refractivity (Wildman–Crippen MR) is 68.9 cm³/mol. The molecule has 0 radical (unpaired) electrons. The first kappa shape index (κ1) is 16.5. The zero-order chi connectivity index (χ0) is 13.1. The van der Waals surface area contributed by atoms with E-state index < -0.39 is 7.82 Å². The van der Waals surface area contributed by atoms with Gasteiger partial charge in [-0.2, -0.15) is 0 Å². The van der Waals surface area contributed by atoms with E-state index in [9.17, 15) is 4.57 Å². The molecule has 0 amide bonds. The van der Waals surface area contributed by atoms with E-state index in [2.05, 4.69) is 13.6 Å². The summed E-state index contributed by atoms with van der Waals surface area (Å²) in [5.74, 6) is 0. The molecule has 0 atom stereocenters. The van der Waals surface area contributed by atoms with Gasteiger partial charge >= 0.3 is 7.82 Å². The third kappa shape index (κ3) is 9.22. The molecule has 96 valence electrons. The number of hydrogen-bond donors (Lipinski definition) is 0. The third-order valence-corrected chi connectivity index (χ3v) is 2.82. The van der Waals surface area contributed by atoms with Gasteiger partial charge in [-0.25, -0.2) is 4.57 Å². The minimum atomic E-state index is -3.48. The molecule has 0 saturated carbocycles. The Labute approximate surface area is 111 Å². The molecule has 0 heterocycles. The Kier molecular flexibility index (Phi) is 9.23. The summed E-state index contributed by atoms with van der Waals surface area (Å²) in [6.07, 6.45) is 0.872. The smallest absolute Gasteiger partial charge is 0.409 e. The molecule has 0 bridgehead atoms. The van der Waals surface area contributed by atoms with E-state index in [0.29, 0.717) is 0 Å². The van der Waals surface area contributed by atoms with Crippen molar-refractivity contribution >= 4 is 31.0 Å². The molecular weight excluding hydrogens is 286 g/mol. The Hall–Kier alpha value is -0.510. The Morgan fingerprint density at radius 1 is 1.00 bits per heavy atom. The van der Waals surface area contributed by atoms with Crippen LogP contribution in [0.25, 0.3) is 0 Å². The van der Waals surface area contributed by atoms with Crippen molar-refractivity contribution < 1.29 is 18.1 Å². The average molecular weight is 299 g/mol. The number of halogens is 2. The molecule has 0 aromatic heterocycles. The fourth-order valence-corrected chi connectivity index (χ4v) is 1.42. The maximum atomic E-state index is 11.0. The molecule has 0 aliphatic rings. The van der Waals surface area contributed by atoms with Gasteiger partial charge in [0.1, 0.15) is 10.8 Å². The van der Waals surface area contributed by atoms with Crippen LogP contribution in [0.1, 0.15) is 0 Å². The van der Waals surface area contributed by atoms with E-state index >= 15 is 0 Å². The van der Waals surface area contributed by atoms with Crippen molar-refractivity contribution in [2.24, 2.45) is 0 Å². The first-order valence-corrected chi connectivity index (χ1v) is 6.67. The molecule has 0 N–H and O–H groups in total. The van der Waals surface area contributed by atoms with Crippen LogP contribution in [0, 0.1) is 0 Å². The Morgan fingerprint density at radius 2 is 1.35 bits per heavy atom. The highest BCUT2D eigenvalue weighted by Crippen LogP contribution is 2.48. The molecular formula is C10H13Cl2O4P. The van der Waals surface area contributed by atoms with Gasteiger partial charge in [0.05, 0.1) is 0 Å². The van der Waals surface area contributed by atoms with Gasteiger partial charge in [-0.3, -0.25) is 9.05 Å². The van der Waals surface area contributed by atoms with Gasteiger partial charge in [-0.1, -0.05) is 59.6 Å². The molecule has 1 aromatic carbocycles. The monoisotopic (exact) mass is 298 g/mol. The number of rotatable bonds is 4. The van der Waals surface area contributed by atoms with Crippen molar-refractivity contribution in [2.75, 3.05) is 14.2 Å². The van der Waals surface area contributed by atoms with Crippen LogP contribution < -0.4 is 0 Å². The van der Waals surface area contributed by atoms with E-state index in [-0.39, 0.29) is 4.49 Å². The second-order valence-corrected chi connectivity index (χ2v) is 5.32. The highest BCUT2D eigenvalue weighted by atomic mass is 35.5. The topological polar surface area (TPSA) is 44.8 Å². The van der Waals surface area contributed by atoms with Crippen molar-refractivity contribution in [3.63, 3.8) is 0 Å². The van der Waals surface area contributed by atoms with Crippen molar-refractivity contribution in [3.05, 3.63) is 47.2 Å². The minimum Gasteiger partial charge on any atom is -0.409 e. The zero-order valence-electron chi connectivity index (χ0n) is 9.38. The summed E-state index contributed by atoms with van der Waals surface area (Å²) in [5.41, 5.74) is 0. The van der Waals surface area contributed by atoms with Gasteiger partial charge in [0.15, 0.2) is 0 Å². The van der Waals surface area contributed by atoms with Crippen LogP contribution in [0.15, 0.2) is 47.2 Å². The summed E-state index contributed by atoms with van der Waals surface area (Å²) in [7, 11) is -1.12. The fraction of sp³-hybridized carbons (Fsp3) is 0.200. The summed E-state index contributed by atoms with van der Waals surface area (Å²) in [4.78, 5) is 0. The van der Waals surface area contributed by atoms with Gasteiger partial charge in [0.25, 0.3) is 0 Å². The zero-order valence-corrected chi connectivity index (χ0v) is 11.8. The lowest BCUT2D eigenvalue weighted by Crippen LogP contribution is -1.88. The molecule has 0 spiro atoms. The van der Waals surface area contributed by atoms with Crippen LogP contribution in [0.3, 0.4) is 0 Å². The maximum absolute atomic E-state index is 11.0. The van der Waals surface area contributed by atoms with Crippen molar-refractivity contribution in [2.45, 2.75) is 0 Å². The van der Waals surface area contributed by atoms with Crippen LogP contribution in [0.2, 0.25) is 0 Å². The molecule has 7 heteroatoms. The van der Waals surface area contributed by atoms with Crippen molar-refractivity contribution in [1.29, 1.82) is 0 Å². The maximum Gasteiger partial charge on any atom is 0.529 e. The molecule has 1 aromatic rings. The van der Waals surface area contributed by atoms with Crippen LogP contribution in [0.5, 0.6) is 0 Å². The second kappa shape index (κ2) is 9.51. The summed E-state index contributed by atoms with van der Waals surface area (Å²) < 4.78 is 24.1. The van der Waals surface area contributed by atoms with Gasteiger partial charge in [-0.05, 0) is 0 Å². The third-order valence-electron chi connectivity index (χ3n) is 1.38. The molecule has 0 aliphatic carbocycles. The molecule has 0 fully saturated rings. The van der Waals surface area contributed by atoms with Crippen molar-refractivity contribution in [1.82, 2.24) is 0 Å². The lowest BCUT2D eigenvalue weighted by atomic mass is 10.4. The van der Waals surface area contributed by atoms with Crippen LogP contribution in [-0.2, 0) is 18.1 Å². The summed E-state index contributed by atoms with van der Waals surface area (Å²) >= 11 is 10.3. The molecule has 0 unspecified atom stereocenters. The molecule has 17 heavy (non-hydrogen) atoms. The van der Waals surface area contributed by atoms with Crippen molar-refractivity contribution in [3.8, 4) is 0 Å². The first-order chi connectivity index (χ1) is 8.04. The quantitative estimate of drug-likeness (QED) is 0.612. The highest BCUT2D eigenvalue weighted by Gasteiger charge is 2.22. The van der Waals surface area contributed by atoms with Gasteiger partial charge in [-0.15, -0.1) is 0 Å². The molecule has 1 rings (SSSR count). The fourth-order valence-electron chi connectivity index (χ4n) is 0.650. The van der Waals surface area contributed by atoms with Crippen LogP contribution in [0.4, 0.5) is 0 Å². The lowest BCUT2D eigenvalue weighted by Gasteiger charge is -2.10. The summed E-state index contributed by atoms with van der Waals surface area (Å²) in [6, 6.07) is 12.0. The Morgan fingerprint density at radius 3 is 1.59 bits per heavy atom. The van der Waals surface area contributed by atoms with E-state index in [1.165, 1.54) is 14.2 Å². The molecule has 0 aliphatic heterocycles. The van der Waals surface area contributed by atoms with Gasteiger partial charge < -0.3 is 4.52 Å². The van der Waals surface area contributed by atoms with Crippen LogP contribution >= 0.6 is 31.0 Å². The molecule has 0 saturated heterocycles. The number of benzene rings is 1. The Balaban J connectivity index is 0.000000354. The molecule has 4 nitrogen and oxygen atoms in total. The predicted octanol–water partition coefficient (Wildman–Crippen LogP) is 4.37. The lowest BCUT2D eigenvalue weighted by molar-refractivity contribution is 0.194. The minimum absolute atomic E-state index is 0.167. The second-order valence-electron chi connectivity index (χ2n) is 2.48. The first-order valence-electron chi connectivity index (χ1n) is 4.45. The normalized spacial score (nSPS) is 9.88. The summed E-state index contributed by atoms with van der Waals surface area (Å²) in [5, 5.41) is 0. The average Bonchev–Trinajstić information content (AvgIpc) is 2.39. The highest BCUT2D eigenvalue weighted by molar-refractivity contribution is 7.48. The van der Waals surface area contributed by atoms with Crippen LogP contribution in [-0.4, -0.2) is 14.2 Å². The van der Waals surface area contributed by atoms with Gasteiger partial charge in [0, 0.05) is 14.2 Å².